The van der Waals surface area contributed by atoms with Crippen molar-refractivity contribution in [2.45, 2.75) is 19.9 Å². The molecule has 0 aliphatic heterocycles. The van der Waals surface area contributed by atoms with Crippen molar-refractivity contribution in [1.82, 2.24) is 30.6 Å². The van der Waals surface area contributed by atoms with Crippen molar-refractivity contribution in [2.24, 2.45) is 0 Å². The molecule has 0 fully saturated rings. The summed E-state index contributed by atoms with van der Waals surface area (Å²) in [5.41, 5.74) is 1.62. The molecule has 4 aromatic heterocycles. The molecule has 0 saturated heterocycles. The number of aromatic nitrogens is 5. The minimum absolute atomic E-state index is 0.203. The number of rotatable bonds is 5. The Kier molecular flexibility index (Phi) is 3.73. The highest BCUT2D eigenvalue weighted by atomic mass is 16.5. The topological polar surface area (TPSA) is 123 Å². The summed E-state index contributed by atoms with van der Waals surface area (Å²) in [7, 11) is 0. The zero-order chi connectivity index (χ0) is 17.2. The monoisotopic (exact) mass is 338 g/mol. The maximum Gasteiger partial charge on any atom is 0.257 e. The summed E-state index contributed by atoms with van der Waals surface area (Å²) in [6.07, 6.45) is 3.70. The average molecular weight is 338 g/mol. The van der Waals surface area contributed by atoms with E-state index in [4.69, 9.17) is 8.94 Å². The summed E-state index contributed by atoms with van der Waals surface area (Å²) in [4.78, 5) is 20.7. The molecule has 0 radical (unpaired) electrons. The van der Waals surface area contributed by atoms with E-state index in [0.717, 1.165) is 11.1 Å². The first-order chi connectivity index (χ1) is 12.2. The zero-order valence-electron chi connectivity index (χ0n) is 13.3. The quantitative estimate of drug-likeness (QED) is 0.571. The standard InChI is InChI=1S/C16H14N6O3/c1-2-11-10-6-9(7-18-16(10)25-22-11)15(23)17-8-13-19-14(21-20-13)12-4-3-5-24-12/h3-7H,2,8H2,1H3,(H,17,23)(H,19,20,21). The fourth-order valence-corrected chi connectivity index (χ4v) is 2.41. The van der Waals surface area contributed by atoms with Crippen molar-refractivity contribution < 1.29 is 13.7 Å². The lowest BCUT2D eigenvalue weighted by molar-refractivity contribution is 0.0949. The molecule has 0 spiro atoms. The van der Waals surface area contributed by atoms with Gasteiger partial charge in [-0.3, -0.25) is 9.89 Å². The number of hydrogen-bond acceptors (Lipinski definition) is 7. The Morgan fingerprint density at radius 1 is 1.40 bits per heavy atom. The summed E-state index contributed by atoms with van der Waals surface area (Å²) in [5.74, 6) is 1.25. The van der Waals surface area contributed by atoms with Gasteiger partial charge < -0.3 is 14.3 Å². The number of aromatic amines is 1. The van der Waals surface area contributed by atoms with Crippen LogP contribution in [-0.2, 0) is 13.0 Å². The first kappa shape index (κ1) is 15.1. The summed E-state index contributed by atoms with van der Waals surface area (Å²) in [6, 6.07) is 5.24. The SMILES string of the molecule is CCc1noc2ncc(C(=O)NCc3nc(-c4ccco4)n[nH]3)cc12. The second kappa shape index (κ2) is 6.19. The molecule has 1 amide bonds. The van der Waals surface area contributed by atoms with Crippen LogP contribution in [0.2, 0.25) is 0 Å². The number of H-pyrrole nitrogens is 1. The lowest BCUT2D eigenvalue weighted by Gasteiger charge is -2.02. The number of furan rings is 1. The Bertz CT molecular complexity index is 1020. The van der Waals surface area contributed by atoms with E-state index in [-0.39, 0.29) is 12.5 Å². The first-order valence-corrected chi connectivity index (χ1v) is 7.72. The molecule has 0 saturated carbocycles. The smallest absolute Gasteiger partial charge is 0.257 e. The van der Waals surface area contributed by atoms with E-state index in [1.807, 2.05) is 6.92 Å². The maximum atomic E-state index is 12.3. The van der Waals surface area contributed by atoms with Crippen LogP contribution in [0.3, 0.4) is 0 Å². The fourth-order valence-electron chi connectivity index (χ4n) is 2.41. The van der Waals surface area contributed by atoms with Crippen LogP contribution in [0.15, 0.2) is 39.6 Å². The van der Waals surface area contributed by atoms with E-state index >= 15 is 0 Å². The van der Waals surface area contributed by atoms with Crippen LogP contribution >= 0.6 is 0 Å². The van der Waals surface area contributed by atoms with Crippen molar-refractivity contribution in [1.29, 1.82) is 0 Å². The lowest BCUT2D eigenvalue weighted by atomic mass is 10.1. The molecule has 9 heteroatoms. The van der Waals surface area contributed by atoms with Crippen molar-refractivity contribution in [2.75, 3.05) is 0 Å². The molecule has 9 nitrogen and oxygen atoms in total. The van der Waals surface area contributed by atoms with Crippen molar-refractivity contribution >= 4 is 17.0 Å². The molecule has 0 atom stereocenters. The number of hydrogen-bond donors (Lipinski definition) is 2. The Balaban J connectivity index is 1.47. The van der Waals surface area contributed by atoms with Gasteiger partial charge in [-0.2, -0.15) is 0 Å². The molecule has 2 N–H and O–H groups in total. The second-order valence-corrected chi connectivity index (χ2v) is 5.33. The van der Waals surface area contributed by atoms with Gasteiger partial charge in [0.25, 0.3) is 11.6 Å². The van der Waals surface area contributed by atoms with Gasteiger partial charge in [0.2, 0.25) is 5.82 Å². The molecule has 0 bridgehead atoms. The van der Waals surface area contributed by atoms with Gasteiger partial charge in [-0.05, 0) is 24.6 Å². The summed E-state index contributed by atoms with van der Waals surface area (Å²) in [5, 5.41) is 14.3. The maximum absolute atomic E-state index is 12.3. The van der Waals surface area contributed by atoms with E-state index in [1.54, 1.807) is 24.5 Å². The number of pyridine rings is 1. The number of carbonyl (C=O) groups excluding carboxylic acids is 1. The largest absolute Gasteiger partial charge is 0.461 e. The van der Waals surface area contributed by atoms with Crippen LogP contribution in [0.25, 0.3) is 22.7 Å². The Morgan fingerprint density at radius 2 is 2.32 bits per heavy atom. The van der Waals surface area contributed by atoms with Gasteiger partial charge in [-0.15, -0.1) is 5.10 Å². The van der Waals surface area contributed by atoms with Crippen molar-refractivity contribution in [3.63, 3.8) is 0 Å². The van der Waals surface area contributed by atoms with Crippen molar-refractivity contribution in [3.8, 4) is 11.6 Å². The normalized spacial score (nSPS) is 11.1. The Labute approximate surface area is 141 Å². The number of nitrogens with one attached hydrogen (secondary N) is 2. The van der Waals surface area contributed by atoms with Gasteiger partial charge in [0.15, 0.2) is 5.76 Å². The predicted octanol–water partition coefficient (Wildman–Crippen LogP) is 2.09. The number of aryl methyl sites for hydroxylation is 1. The van der Waals surface area contributed by atoms with E-state index in [0.29, 0.717) is 35.1 Å². The van der Waals surface area contributed by atoms with E-state index in [2.05, 4.69) is 30.6 Å². The van der Waals surface area contributed by atoms with Gasteiger partial charge in [0, 0.05) is 6.20 Å². The lowest BCUT2D eigenvalue weighted by Crippen LogP contribution is -2.23. The zero-order valence-corrected chi connectivity index (χ0v) is 13.3. The molecule has 0 aliphatic carbocycles. The molecular weight excluding hydrogens is 324 g/mol. The Hall–Kier alpha value is -3.49. The highest BCUT2D eigenvalue weighted by Gasteiger charge is 2.14. The third kappa shape index (κ3) is 2.87. The number of carbonyl (C=O) groups is 1. The van der Waals surface area contributed by atoms with Gasteiger partial charge in [-0.1, -0.05) is 12.1 Å². The third-order valence-corrected chi connectivity index (χ3v) is 3.69. The molecule has 0 aliphatic rings. The van der Waals surface area contributed by atoms with Crippen LogP contribution in [0.1, 0.15) is 28.8 Å². The molecule has 25 heavy (non-hydrogen) atoms. The van der Waals surface area contributed by atoms with Crippen LogP contribution in [-0.4, -0.2) is 31.2 Å². The molecule has 0 aromatic carbocycles. The van der Waals surface area contributed by atoms with Crippen LogP contribution in [0.4, 0.5) is 0 Å². The number of nitrogens with zero attached hydrogens (tertiary/aromatic N) is 4. The van der Waals surface area contributed by atoms with Crippen molar-refractivity contribution in [3.05, 3.63) is 47.7 Å². The minimum Gasteiger partial charge on any atom is -0.461 e. The summed E-state index contributed by atoms with van der Waals surface area (Å²) < 4.78 is 10.3. The minimum atomic E-state index is -0.270. The molecule has 4 heterocycles. The highest BCUT2D eigenvalue weighted by molar-refractivity contribution is 5.96. The van der Waals surface area contributed by atoms with Crippen LogP contribution < -0.4 is 5.32 Å². The van der Waals surface area contributed by atoms with Gasteiger partial charge >= 0.3 is 0 Å². The van der Waals surface area contributed by atoms with E-state index in [1.165, 1.54) is 6.20 Å². The van der Waals surface area contributed by atoms with Crippen LogP contribution in [0.5, 0.6) is 0 Å². The van der Waals surface area contributed by atoms with Crippen LogP contribution in [0, 0.1) is 0 Å². The van der Waals surface area contributed by atoms with Gasteiger partial charge in [0.1, 0.15) is 5.82 Å². The molecule has 126 valence electrons. The van der Waals surface area contributed by atoms with E-state index < -0.39 is 0 Å². The first-order valence-electron chi connectivity index (χ1n) is 7.72. The third-order valence-electron chi connectivity index (χ3n) is 3.69. The Morgan fingerprint density at radius 3 is 3.12 bits per heavy atom. The average Bonchev–Trinajstić information content (AvgIpc) is 3.38. The number of amides is 1. The fraction of sp³-hybridized carbons (Fsp3) is 0.188. The molecular formula is C16H14N6O3. The molecule has 4 rings (SSSR count). The summed E-state index contributed by atoms with van der Waals surface area (Å²) in [6.45, 7) is 2.17. The van der Waals surface area contributed by atoms with Gasteiger partial charge in [-0.25, -0.2) is 9.97 Å². The van der Waals surface area contributed by atoms with E-state index in [9.17, 15) is 4.79 Å². The number of fused-ring (bicyclic) bond motifs is 1. The summed E-state index contributed by atoms with van der Waals surface area (Å²) >= 11 is 0. The highest BCUT2D eigenvalue weighted by Crippen LogP contribution is 2.18. The molecule has 4 aromatic rings. The second-order valence-electron chi connectivity index (χ2n) is 5.33. The van der Waals surface area contributed by atoms with Gasteiger partial charge in [0.05, 0.1) is 29.5 Å². The predicted molar refractivity (Wildman–Crippen MR) is 86.4 cm³/mol. The molecule has 0 unspecified atom stereocenters.